The van der Waals surface area contributed by atoms with Crippen LogP contribution in [-0.2, 0) is 5.75 Å². The minimum atomic E-state index is 0.450. The van der Waals surface area contributed by atoms with Crippen LogP contribution in [-0.4, -0.2) is 17.2 Å². The molecule has 1 N–H and O–H groups in total. The molecule has 0 unspecified atom stereocenters. The molecule has 0 aliphatic carbocycles. The van der Waals surface area contributed by atoms with Crippen molar-refractivity contribution in [1.82, 2.24) is 10.1 Å². The number of aromatic nitrogens is 2. The SMILES string of the molecule is CNc1nc(CSc2ccc(Br)cc2)no1. The van der Waals surface area contributed by atoms with E-state index in [0.29, 0.717) is 17.6 Å². The van der Waals surface area contributed by atoms with Crippen LogP contribution >= 0.6 is 27.7 Å². The highest BCUT2D eigenvalue weighted by molar-refractivity contribution is 9.10. The minimum absolute atomic E-state index is 0.450. The van der Waals surface area contributed by atoms with Gasteiger partial charge < -0.3 is 9.84 Å². The van der Waals surface area contributed by atoms with Gasteiger partial charge in [-0.2, -0.15) is 4.98 Å². The molecule has 6 heteroatoms. The number of halogens is 1. The second-order valence-corrected chi connectivity index (χ2v) is 4.97. The number of hydrogen-bond acceptors (Lipinski definition) is 5. The van der Waals surface area contributed by atoms with Gasteiger partial charge in [-0.05, 0) is 24.3 Å². The lowest BCUT2D eigenvalue weighted by atomic mass is 10.4. The monoisotopic (exact) mass is 299 g/mol. The van der Waals surface area contributed by atoms with Gasteiger partial charge in [-0.15, -0.1) is 11.8 Å². The van der Waals surface area contributed by atoms with Gasteiger partial charge in [-0.1, -0.05) is 21.1 Å². The van der Waals surface area contributed by atoms with Crippen molar-refractivity contribution in [3.8, 4) is 0 Å². The summed E-state index contributed by atoms with van der Waals surface area (Å²) in [6.07, 6.45) is 0. The van der Waals surface area contributed by atoms with E-state index in [-0.39, 0.29) is 0 Å². The number of nitrogens with zero attached hydrogens (tertiary/aromatic N) is 2. The van der Waals surface area contributed by atoms with E-state index in [4.69, 9.17) is 4.52 Å². The highest BCUT2D eigenvalue weighted by Gasteiger charge is 2.04. The van der Waals surface area contributed by atoms with Gasteiger partial charge >= 0.3 is 6.01 Å². The fourth-order valence-electron chi connectivity index (χ4n) is 1.09. The Balaban J connectivity index is 1.94. The predicted octanol–water partition coefficient (Wildman–Crippen LogP) is 3.17. The Kier molecular flexibility index (Phi) is 3.84. The van der Waals surface area contributed by atoms with Gasteiger partial charge in [-0.25, -0.2) is 0 Å². The maximum absolute atomic E-state index is 4.93. The largest absolute Gasteiger partial charge is 0.341 e. The molecule has 2 rings (SSSR count). The van der Waals surface area contributed by atoms with E-state index in [1.165, 1.54) is 4.90 Å². The maximum Gasteiger partial charge on any atom is 0.321 e. The molecule has 0 atom stereocenters. The Morgan fingerprint density at radius 1 is 1.38 bits per heavy atom. The van der Waals surface area contributed by atoms with Crippen molar-refractivity contribution in [2.45, 2.75) is 10.6 Å². The second-order valence-electron chi connectivity index (χ2n) is 3.01. The van der Waals surface area contributed by atoms with Crippen LogP contribution < -0.4 is 5.32 Å². The molecule has 0 spiro atoms. The van der Waals surface area contributed by atoms with Gasteiger partial charge in [0, 0.05) is 16.4 Å². The molecule has 1 heterocycles. The lowest BCUT2D eigenvalue weighted by molar-refractivity contribution is 0.427. The van der Waals surface area contributed by atoms with E-state index in [1.807, 2.05) is 24.3 Å². The summed E-state index contributed by atoms with van der Waals surface area (Å²) in [6, 6.07) is 8.57. The average Bonchev–Trinajstić information content (AvgIpc) is 2.76. The molecule has 2 aromatic rings. The highest BCUT2D eigenvalue weighted by Crippen LogP contribution is 2.23. The summed E-state index contributed by atoms with van der Waals surface area (Å²) < 4.78 is 6.01. The van der Waals surface area contributed by atoms with Crippen LogP contribution in [0.5, 0.6) is 0 Å². The molecule has 0 amide bonds. The quantitative estimate of drug-likeness (QED) is 0.879. The summed E-state index contributed by atoms with van der Waals surface area (Å²) in [6.45, 7) is 0. The van der Waals surface area contributed by atoms with E-state index < -0.39 is 0 Å². The van der Waals surface area contributed by atoms with Crippen molar-refractivity contribution in [2.75, 3.05) is 12.4 Å². The number of nitrogens with one attached hydrogen (secondary N) is 1. The van der Waals surface area contributed by atoms with Crippen molar-refractivity contribution in [1.29, 1.82) is 0 Å². The number of rotatable bonds is 4. The van der Waals surface area contributed by atoms with Crippen molar-refractivity contribution in [3.05, 3.63) is 34.6 Å². The Morgan fingerprint density at radius 3 is 2.75 bits per heavy atom. The average molecular weight is 300 g/mol. The van der Waals surface area contributed by atoms with Gasteiger partial charge in [0.05, 0.1) is 5.75 Å². The molecule has 0 saturated carbocycles. The smallest absolute Gasteiger partial charge is 0.321 e. The van der Waals surface area contributed by atoms with Gasteiger partial charge in [0.2, 0.25) is 0 Å². The zero-order chi connectivity index (χ0) is 11.4. The minimum Gasteiger partial charge on any atom is -0.341 e. The topological polar surface area (TPSA) is 51.0 Å². The van der Waals surface area contributed by atoms with Gasteiger partial charge in [-0.3, -0.25) is 0 Å². The first kappa shape index (κ1) is 11.5. The van der Waals surface area contributed by atoms with Gasteiger partial charge in [0.25, 0.3) is 0 Å². The Morgan fingerprint density at radius 2 is 2.12 bits per heavy atom. The third-order valence-electron chi connectivity index (χ3n) is 1.86. The molecular weight excluding hydrogens is 290 g/mol. The number of anilines is 1. The van der Waals surface area contributed by atoms with E-state index in [2.05, 4.69) is 31.4 Å². The first-order valence-electron chi connectivity index (χ1n) is 4.66. The number of benzene rings is 1. The highest BCUT2D eigenvalue weighted by atomic mass is 79.9. The van der Waals surface area contributed by atoms with Crippen LogP contribution in [0.15, 0.2) is 38.2 Å². The van der Waals surface area contributed by atoms with Crippen LogP contribution in [0.25, 0.3) is 0 Å². The first-order chi connectivity index (χ1) is 7.78. The standard InChI is InChI=1S/C10H10BrN3OS/c1-12-10-13-9(14-15-10)6-16-8-4-2-7(11)3-5-8/h2-5H,6H2,1H3,(H,12,13,14). The third-order valence-corrected chi connectivity index (χ3v) is 3.40. The number of hydrogen-bond donors (Lipinski definition) is 1. The lowest BCUT2D eigenvalue weighted by Crippen LogP contribution is -1.88. The zero-order valence-electron chi connectivity index (χ0n) is 8.61. The first-order valence-corrected chi connectivity index (χ1v) is 6.44. The van der Waals surface area contributed by atoms with Crippen molar-refractivity contribution in [3.63, 3.8) is 0 Å². The van der Waals surface area contributed by atoms with Crippen LogP contribution in [0.1, 0.15) is 5.82 Å². The zero-order valence-corrected chi connectivity index (χ0v) is 11.0. The lowest BCUT2D eigenvalue weighted by Gasteiger charge is -1.97. The molecule has 0 aliphatic rings. The Labute approximate surface area is 106 Å². The molecule has 0 radical (unpaired) electrons. The van der Waals surface area contributed by atoms with E-state index in [1.54, 1.807) is 18.8 Å². The van der Waals surface area contributed by atoms with Crippen molar-refractivity contribution < 1.29 is 4.52 Å². The molecule has 1 aromatic carbocycles. The van der Waals surface area contributed by atoms with Gasteiger partial charge in [0.1, 0.15) is 0 Å². The summed E-state index contributed by atoms with van der Waals surface area (Å²) >= 11 is 5.07. The summed E-state index contributed by atoms with van der Waals surface area (Å²) in [7, 11) is 1.75. The normalized spacial score (nSPS) is 10.4. The summed E-state index contributed by atoms with van der Waals surface area (Å²) in [5, 5.41) is 6.64. The molecule has 16 heavy (non-hydrogen) atoms. The van der Waals surface area contributed by atoms with Crippen molar-refractivity contribution >= 4 is 33.7 Å². The van der Waals surface area contributed by atoms with Crippen LogP contribution in [0, 0.1) is 0 Å². The van der Waals surface area contributed by atoms with E-state index in [0.717, 1.165) is 4.47 Å². The van der Waals surface area contributed by atoms with E-state index >= 15 is 0 Å². The molecule has 0 fully saturated rings. The fraction of sp³-hybridized carbons (Fsp3) is 0.200. The second kappa shape index (κ2) is 5.36. The Bertz CT molecular complexity index is 457. The molecule has 84 valence electrons. The van der Waals surface area contributed by atoms with Crippen LogP contribution in [0.3, 0.4) is 0 Å². The predicted molar refractivity (Wildman–Crippen MR) is 67.5 cm³/mol. The third kappa shape index (κ3) is 2.99. The molecule has 4 nitrogen and oxygen atoms in total. The van der Waals surface area contributed by atoms with Gasteiger partial charge in [0.15, 0.2) is 5.82 Å². The molecule has 0 aliphatic heterocycles. The molecular formula is C10H10BrN3OS. The summed E-state index contributed by atoms with van der Waals surface area (Å²) in [5.74, 6) is 1.39. The molecule has 1 aromatic heterocycles. The Hall–Kier alpha value is -1.01. The summed E-state index contributed by atoms with van der Waals surface area (Å²) in [4.78, 5) is 5.32. The maximum atomic E-state index is 4.93. The van der Waals surface area contributed by atoms with E-state index in [9.17, 15) is 0 Å². The molecule has 0 saturated heterocycles. The molecule has 0 bridgehead atoms. The number of thioether (sulfide) groups is 1. The van der Waals surface area contributed by atoms with Crippen molar-refractivity contribution in [2.24, 2.45) is 0 Å². The van der Waals surface area contributed by atoms with Crippen LogP contribution in [0.2, 0.25) is 0 Å². The fourth-order valence-corrected chi connectivity index (χ4v) is 2.10. The summed E-state index contributed by atoms with van der Waals surface area (Å²) in [5.41, 5.74) is 0. The van der Waals surface area contributed by atoms with Crippen LogP contribution in [0.4, 0.5) is 6.01 Å².